The third kappa shape index (κ3) is 3.46. The van der Waals surface area contributed by atoms with Crippen LogP contribution in [0.25, 0.3) is 0 Å². The van der Waals surface area contributed by atoms with Crippen LogP contribution in [-0.2, 0) is 4.74 Å². The summed E-state index contributed by atoms with van der Waals surface area (Å²) in [5, 5.41) is 3.78. The Balaban J connectivity index is 1.98. The molecule has 18 heavy (non-hydrogen) atoms. The van der Waals surface area contributed by atoms with Crippen LogP contribution in [0.2, 0.25) is 0 Å². The molecule has 2 saturated heterocycles. The van der Waals surface area contributed by atoms with E-state index in [4.69, 9.17) is 4.74 Å². The van der Waals surface area contributed by atoms with Crippen LogP contribution in [0.3, 0.4) is 0 Å². The Labute approximate surface area is 112 Å². The van der Waals surface area contributed by atoms with Crippen molar-refractivity contribution in [2.45, 2.75) is 70.6 Å². The highest BCUT2D eigenvalue weighted by atomic mass is 16.5. The second-order valence-electron chi connectivity index (χ2n) is 6.92. The van der Waals surface area contributed by atoms with E-state index in [1.807, 2.05) is 0 Å². The maximum absolute atomic E-state index is 6.00. The number of nitrogens with one attached hydrogen (secondary N) is 1. The minimum Gasteiger partial charge on any atom is -0.370 e. The van der Waals surface area contributed by atoms with Gasteiger partial charge >= 0.3 is 0 Å². The number of ether oxygens (including phenoxy) is 1. The number of hydrogen-bond acceptors (Lipinski definition) is 3. The van der Waals surface area contributed by atoms with Crippen LogP contribution in [-0.4, -0.2) is 48.3 Å². The molecule has 0 aromatic heterocycles. The van der Waals surface area contributed by atoms with Gasteiger partial charge in [0.25, 0.3) is 0 Å². The Bertz CT molecular complexity index is 272. The number of nitrogens with zero attached hydrogens (tertiary/aromatic N) is 1. The zero-order valence-electron chi connectivity index (χ0n) is 12.6. The van der Waals surface area contributed by atoms with Crippen molar-refractivity contribution in [3.8, 4) is 0 Å². The smallest absolute Gasteiger partial charge is 0.0757 e. The van der Waals surface area contributed by atoms with E-state index in [1.54, 1.807) is 0 Å². The fourth-order valence-electron chi connectivity index (χ4n) is 3.91. The first-order valence-electron chi connectivity index (χ1n) is 7.60. The van der Waals surface area contributed by atoms with E-state index in [9.17, 15) is 0 Å². The summed E-state index contributed by atoms with van der Waals surface area (Å²) in [6.45, 7) is 13.5. The van der Waals surface area contributed by atoms with Gasteiger partial charge in [0.05, 0.1) is 11.7 Å². The Morgan fingerprint density at radius 2 is 2.17 bits per heavy atom. The lowest BCUT2D eigenvalue weighted by atomic mass is 9.90. The molecule has 2 unspecified atom stereocenters. The first-order chi connectivity index (χ1) is 8.45. The van der Waals surface area contributed by atoms with E-state index >= 15 is 0 Å². The molecule has 2 fully saturated rings. The van der Waals surface area contributed by atoms with Gasteiger partial charge in [-0.15, -0.1) is 0 Å². The highest BCUT2D eigenvalue weighted by Gasteiger charge is 2.38. The summed E-state index contributed by atoms with van der Waals surface area (Å²) < 4.78 is 6.00. The molecule has 0 aromatic rings. The SMILES string of the molecule is CCCC1(CN2CC(C)OC(C)(C)C2)CCCN1. The summed E-state index contributed by atoms with van der Waals surface area (Å²) in [4.78, 5) is 2.61. The molecule has 106 valence electrons. The van der Waals surface area contributed by atoms with Gasteiger partial charge in [-0.25, -0.2) is 0 Å². The number of hydrogen-bond donors (Lipinski definition) is 1. The summed E-state index contributed by atoms with van der Waals surface area (Å²) in [5.41, 5.74) is 0.381. The average Bonchev–Trinajstić information content (AvgIpc) is 2.63. The first-order valence-corrected chi connectivity index (χ1v) is 7.60. The third-order valence-corrected chi connectivity index (χ3v) is 4.23. The predicted octanol–water partition coefficient (Wildman–Crippen LogP) is 2.41. The fourth-order valence-corrected chi connectivity index (χ4v) is 3.91. The predicted molar refractivity (Wildman–Crippen MR) is 75.9 cm³/mol. The van der Waals surface area contributed by atoms with Crippen LogP contribution >= 0.6 is 0 Å². The van der Waals surface area contributed by atoms with Crippen molar-refractivity contribution in [3.05, 3.63) is 0 Å². The summed E-state index contributed by atoms with van der Waals surface area (Å²) in [6, 6.07) is 0. The van der Waals surface area contributed by atoms with Crippen molar-refractivity contribution in [1.82, 2.24) is 10.2 Å². The second-order valence-corrected chi connectivity index (χ2v) is 6.92. The van der Waals surface area contributed by atoms with Crippen molar-refractivity contribution in [2.24, 2.45) is 0 Å². The quantitative estimate of drug-likeness (QED) is 0.834. The minimum atomic E-state index is 0.00365. The van der Waals surface area contributed by atoms with Gasteiger partial charge in [0, 0.05) is 25.2 Å². The van der Waals surface area contributed by atoms with Crippen LogP contribution in [0, 0.1) is 0 Å². The number of morpholine rings is 1. The Morgan fingerprint density at radius 3 is 2.72 bits per heavy atom. The van der Waals surface area contributed by atoms with Gasteiger partial charge in [0.2, 0.25) is 0 Å². The highest BCUT2D eigenvalue weighted by molar-refractivity contribution is 4.97. The van der Waals surface area contributed by atoms with Crippen molar-refractivity contribution < 1.29 is 4.74 Å². The number of rotatable bonds is 4. The molecule has 2 atom stereocenters. The molecule has 0 bridgehead atoms. The molecule has 2 aliphatic rings. The van der Waals surface area contributed by atoms with E-state index in [1.165, 1.54) is 38.8 Å². The van der Waals surface area contributed by atoms with Gasteiger partial charge < -0.3 is 10.1 Å². The molecule has 3 heteroatoms. The molecule has 0 aromatic carbocycles. The summed E-state index contributed by atoms with van der Waals surface area (Å²) in [5.74, 6) is 0. The molecule has 3 nitrogen and oxygen atoms in total. The highest BCUT2D eigenvalue weighted by Crippen LogP contribution is 2.29. The minimum absolute atomic E-state index is 0.00365. The maximum Gasteiger partial charge on any atom is 0.0757 e. The first kappa shape index (κ1) is 14.3. The molecule has 2 heterocycles. The van der Waals surface area contributed by atoms with E-state index in [0.717, 1.165) is 13.1 Å². The van der Waals surface area contributed by atoms with Crippen LogP contribution < -0.4 is 5.32 Å². The fraction of sp³-hybridized carbons (Fsp3) is 1.00. The van der Waals surface area contributed by atoms with Gasteiger partial charge in [-0.3, -0.25) is 4.90 Å². The van der Waals surface area contributed by atoms with Crippen molar-refractivity contribution in [2.75, 3.05) is 26.2 Å². The average molecular weight is 254 g/mol. The topological polar surface area (TPSA) is 24.5 Å². The summed E-state index contributed by atoms with van der Waals surface area (Å²) in [7, 11) is 0. The van der Waals surface area contributed by atoms with Crippen LogP contribution in [0.4, 0.5) is 0 Å². The second kappa shape index (κ2) is 5.48. The van der Waals surface area contributed by atoms with E-state index < -0.39 is 0 Å². The van der Waals surface area contributed by atoms with Crippen LogP contribution in [0.1, 0.15) is 53.4 Å². The Kier molecular flexibility index (Phi) is 4.35. The van der Waals surface area contributed by atoms with E-state index in [-0.39, 0.29) is 5.60 Å². The van der Waals surface area contributed by atoms with E-state index in [0.29, 0.717) is 11.6 Å². The van der Waals surface area contributed by atoms with Gasteiger partial charge in [0.15, 0.2) is 0 Å². The zero-order valence-corrected chi connectivity index (χ0v) is 12.6. The van der Waals surface area contributed by atoms with Gasteiger partial charge in [-0.05, 0) is 46.6 Å². The Morgan fingerprint density at radius 1 is 1.39 bits per heavy atom. The van der Waals surface area contributed by atoms with Crippen molar-refractivity contribution in [3.63, 3.8) is 0 Å². The molecule has 0 radical (unpaired) electrons. The van der Waals surface area contributed by atoms with Crippen LogP contribution in [0.15, 0.2) is 0 Å². The normalized spacial score (nSPS) is 37.0. The Hall–Kier alpha value is -0.120. The molecule has 0 amide bonds. The lowest BCUT2D eigenvalue weighted by molar-refractivity contribution is -0.132. The monoisotopic (exact) mass is 254 g/mol. The van der Waals surface area contributed by atoms with E-state index in [2.05, 4.69) is 37.9 Å². The summed E-state index contributed by atoms with van der Waals surface area (Å²) in [6.07, 6.45) is 5.61. The molecule has 2 rings (SSSR count). The molecule has 1 N–H and O–H groups in total. The lowest BCUT2D eigenvalue weighted by Crippen LogP contribution is -2.58. The third-order valence-electron chi connectivity index (χ3n) is 4.23. The van der Waals surface area contributed by atoms with Crippen molar-refractivity contribution in [1.29, 1.82) is 0 Å². The molecular weight excluding hydrogens is 224 g/mol. The van der Waals surface area contributed by atoms with Gasteiger partial charge in [0.1, 0.15) is 0 Å². The van der Waals surface area contributed by atoms with Crippen LogP contribution in [0.5, 0.6) is 0 Å². The standard InChI is InChI=1S/C15H30N2O/c1-5-7-15(8-6-9-16-15)12-17-10-13(2)18-14(3,4)11-17/h13,16H,5-12H2,1-4H3. The van der Waals surface area contributed by atoms with Crippen molar-refractivity contribution >= 4 is 0 Å². The maximum atomic E-state index is 6.00. The lowest BCUT2D eigenvalue weighted by Gasteiger charge is -2.45. The molecule has 0 spiro atoms. The molecular formula is C15H30N2O. The molecule has 0 aliphatic carbocycles. The summed E-state index contributed by atoms with van der Waals surface area (Å²) >= 11 is 0. The van der Waals surface area contributed by atoms with Gasteiger partial charge in [-0.2, -0.15) is 0 Å². The van der Waals surface area contributed by atoms with Gasteiger partial charge in [-0.1, -0.05) is 13.3 Å². The molecule has 0 saturated carbocycles. The zero-order chi connectivity index (χ0) is 13.2. The largest absolute Gasteiger partial charge is 0.370 e. The molecule has 2 aliphatic heterocycles.